The van der Waals surface area contributed by atoms with Gasteiger partial charge in [0.1, 0.15) is 22.3 Å². The highest BCUT2D eigenvalue weighted by atomic mass is 16.3. The van der Waals surface area contributed by atoms with Crippen molar-refractivity contribution in [2.75, 3.05) is 0 Å². The molecule has 0 saturated heterocycles. The Morgan fingerprint density at radius 2 is 0.886 bits per heavy atom. The van der Waals surface area contributed by atoms with Gasteiger partial charge in [-0.3, -0.25) is 0 Å². The summed E-state index contributed by atoms with van der Waals surface area (Å²) < 4.78 is 12.6. The Kier molecular flexibility index (Phi) is 5.43. The smallest absolute Gasteiger partial charge is 0.164 e. The van der Waals surface area contributed by atoms with Crippen LogP contribution in [0, 0.1) is 0 Å². The first-order valence-corrected chi connectivity index (χ1v) is 14.5. The van der Waals surface area contributed by atoms with Crippen LogP contribution in [0.3, 0.4) is 0 Å². The van der Waals surface area contributed by atoms with Gasteiger partial charge in [-0.25, -0.2) is 15.0 Å². The minimum absolute atomic E-state index is 0.573. The largest absolute Gasteiger partial charge is 0.456 e. The van der Waals surface area contributed by atoms with Crippen LogP contribution >= 0.6 is 0 Å². The lowest BCUT2D eigenvalue weighted by Gasteiger charge is -2.10. The molecule has 44 heavy (non-hydrogen) atoms. The third kappa shape index (κ3) is 3.91. The van der Waals surface area contributed by atoms with E-state index in [0.29, 0.717) is 17.5 Å². The van der Waals surface area contributed by atoms with Crippen LogP contribution in [0.15, 0.2) is 148 Å². The Morgan fingerprint density at radius 1 is 0.341 bits per heavy atom. The molecule has 0 atom stereocenters. The summed E-state index contributed by atoms with van der Waals surface area (Å²) in [6, 6.07) is 46.9. The molecule has 0 aliphatic heterocycles. The molecule has 0 unspecified atom stereocenters. The molecule has 0 bridgehead atoms. The third-order valence-corrected chi connectivity index (χ3v) is 8.15. The molecule has 5 heteroatoms. The van der Waals surface area contributed by atoms with Crippen molar-refractivity contribution in [1.29, 1.82) is 0 Å². The second kappa shape index (κ2) is 9.75. The van der Waals surface area contributed by atoms with Gasteiger partial charge in [0.2, 0.25) is 0 Å². The van der Waals surface area contributed by atoms with Crippen LogP contribution in [0.4, 0.5) is 0 Å². The Bertz CT molecular complexity index is 2500. The van der Waals surface area contributed by atoms with Crippen LogP contribution in [0.25, 0.3) is 89.2 Å². The van der Waals surface area contributed by atoms with Gasteiger partial charge in [-0.15, -0.1) is 0 Å². The van der Waals surface area contributed by atoms with E-state index in [1.807, 2.05) is 84.9 Å². The van der Waals surface area contributed by atoms with E-state index in [2.05, 4.69) is 54.6 Å². The number of rotatable bonds is 4. The maximum absolute atomic E-state index is 6.40. The summed E-state index contributed by atoms with van der Waals surface area (Å²) in [5, 5.41) is 4.16. The zero-order valence-electron chi connectivity index (χ0n) is 23.4. The van der Waals surface area contributed by atoms with E-state index < -0.39 is 0 Å². The normalized spacial score (nSPS) is 11.6. The third-order valence-electron chi connectivity index (χ3n) is 8.15. The molecule has 0 aliphatic carbocycles. The van der Waals surface area contributed by atoms with E-state index in [-0.39, 0.29) is 0 Å². The van der Waals surface area contributed by atoms with Crippen molar-refractivity contribution < 1.29 is 8.83 Å². The fourth-order valence-corrected chi connectivity index (χ4v) is 6.12. The summed E-state index contributed by atoms with van der Waals surface area (Å²) in [4.78, 5) is 15.1. The molecule has 3 heterocycles. The van der Waals surface area contributed by atoms with E-state index >= 15 is 0 Å². The maximum Gasteiger partial charge on any atom is 0.164 e. The van der Waals surface area contributed by atoms with Crippen molar-refractivity contribution >= 4 is 43.9 Å². The molecule has 0 amide bonds. The van der Waals surface area contributed by atoms with Gasteiger partial charge in [-0.05, 0) is 41.5 Å². The van der Waals surface area contributed by atoms with Crippen LogP contribution in [0.5, 0.6) is 0 Å². The lowest BCUT2D eigenvalue weighted by atomic mass is 9.97. The first-order chi connectivity index (χ1) is 21.8. The van der Waals surface area contributed by atoms with Gasteiger partial charge in [-0.2, -0.15) is 0 Å². The monoisotopic (exact) mass is 565 g/mol. The van der Waals surface area contributed by atoms with Gasteiger partial charge in [0, 0.05) is 38.2 Å². The van der Waals surface area contributed by atoms with E-state index in [1.165, 1.54) is 0 Å². The lowest BCUT2D eigenvalue weighted by molar-refractivity contribution is 0.668. The first-order valence-electron chi connectivity index (χ1n) is 14.5. The second-order valence-corrected chi connectivity index (χ2v) is 10.8. The molecule has 9 aromatic rings. The number of hydrogen-bond acceptors (Lipinski definition) is 5. The summed E-state index contributed by atoms with van der Waals surface area (Å²) >= 11 is 0. The maximum atomic E-state index is 6.40. The predicted molar refractivity (Wildman–Crippen MR) is 176 cm³/mol. The number of para-hydroxylation sites is 1. The Labute approximate surface area is 252 Å². The quantitative estimate of drug-likeness (QED) is 0.212. The molecule has 206 valence electrons. The molecule has 6 aromatic carbocycles. The van der Waals surface area contributed by atoms with Gasteiger partial charge >= 0.3 is 0 Å². The summed E-state index contributed by atoms with van der Waals surface area (Å²) in [6.45, 7) is 0. The zero-order chi connectivity index (χ0) is 29.0. The molecule has 9 rings (SSSR count). The molecule has 0 fully saturated rings. The number of hydrogen-bond donors (Lipinski definition) is 0. The molecule has 0 radical (unpaired) electrons. The van der Waals surface area contributed by atoms with E-state index in [4.69, 9.17) is 23.8 Å². The lowest BCUT2D eigenvalue weighted by Crippen LogP contribution is -2.00. The molecular weight excluding hydrogens is 542 g/mol. The number of furan rings is 2. The molecule has 0 spiro atoms. The highest BCUT2D eigenvalue weighted by Crippen LogP contribution is 2.41. The van der Waals surface area contributed by atoms with Gasteiger partial charge < -0.3 is 8.83 Å². The average molecular weight is 566 g/mol. The van der Waals surface area contributed by atoms with Gasteiger partial charge in [0.05, 0.1) is 0 Å². The molecule has 0 N–H and O–H groups in total. The van der Waals surface area contributed by atoms with Crippen LogP contribution < -0.4 is 0 Å². The zero-order valence-corrected chi connectivity index (χ0v) is 23.4. The average Bonchev–Trinajstić information content (AvgIpc) is 3.67. The summed E-state index contributed by atoms with van der Waals surface area (Å²) in [5.74, 6) is 1.75. The summed E-state index contributed by atoms with van der Waals surface area (Å²) in [7, 11) is 0. The first kappa shape index (κ1) is 24.5. The Hall–Kier alpha value is -6.07. The van der Waals surface area contributed by atoms with Crippen molar-refractivity contribution in [2.45, 2.75) is 0 Å². The minimum Gasteiger partial charge on any atom is -0.456 e. The molecule has 3 aromatic heterocycles. The molecule has 5 nitrogen and oxygen atoms in total. The fourth-order valence-electron chi connectivity index (χ4n) is 6.12. The van der Waals surface area contributed by atoms with Gasteiger partial charge in [0.15, 0.2) is 17.5 Å². The Balaban J connectivity index is 1.31. The predicted octanol–water partition coefficient (Wildman–Crippen LogP) is 10.3. The van der Waals surface area contributed by atoms with E-state index in [0.717, 1.165) is 71.7 Å². The number of aromatic nitrogens is 3. The van der Waals surface area contributed by atoms with Gasteiger partial charge in [-0.1, -0.05) is 109 Å². The summed E-state index contributed by atoms with van der Waals surface area (Å²) in [5.41, 5.74) is 8.13. The SMILES string of the molecule is c1ccc(-c2nc(-c3ccc4c(c3)oc3ccccc34)nc(-c3cccc4oc5cccc(-c6ccccc6)c5c34)n2)cc1. The van der Waals surface area contributed by atoms with Crippen LogP contribution in [0.1, 0.15) is 0 Å². The van der Waals surface area contributed by atoms with Crippen molar-refractivity contribution in [1.82, 2.24) is 15.0 Å². The highest BCUT2D eigenvalue weighted by Gasteiger charge is 2.20. The van der Waals surface area contributed by atoms with Gasteiger partial charge in [0.25, 0.3) is 0 Å². The molecule has 0 aliphatic rings. The highest BCUT2D eigenvalue weighted by molar-refractivity contribution is 6.17. The van der Waals surface area contributed by atoms with Crippen LogP contribution in [0.2, 0.25) is 0 Å². The second-order valence-electron chi connectivity index (χ2n) is 10.8. The number of fused-ring (bicyclic) bond motifs is 6. The molecular formula is C39H23N3O2. The van der Waals surface area contributed by atoms with Crippen molar-refractivity contribution in [2.24, 2.45) is 0 Å². The van der Waals surface area contributed by atoms with Crippen molar-refractivity contribution in [3.63, 3.8) is 0 Å². The van der Waals surface area contributed by atoms with Crippen LogP contribution in [-0.4, -0.2) is 15.0 Å². The van der Waals surface area contributed by atoms with Crippen molar-refractivity contribution in [3.05, 3.63) is 140 Å². The molecule has 0 saturated carbocycles. The number of nitrogens with zero attached hydrogens (tertiary/aromatic N) is 3. The van der Waals surface area contributed by atoms with E-state index in [9.17, 15) is 0 Å². The summed E-state index contributed by atoms with van der Waals surface area (Å²) in [6.07, 6.45) is 0. The van der Waals surface area contributed by atoms with Crippen molar-refractivity contribution in [3.8, 4) is 45.3 Å². The van der Waals surface area contributed by atoms with E-state index in [1.54, 1.807) is 0 Å². The standard InChI is InChI=1S/C39H23N3O2/c1-3-11-24(12-4-1)27-16-9-19-32-35(27)36-30(17-10-20-33(36)44-32)39-41-37(25-13-5-2-6-14-25)40-38(42-39)26-21-22-29-28-15-7-8-18-31(28)43-34(29)23-26/h1-23H. The number of benzene rings is 6. The fraction of sp³-hybridized carbons (Fsp3) is 0. The topological polar surface area (TPSA) is 65.0 Å². The minimum atomic E-state index is 0.573. The van der Waals surface area contributed by atoms with Crippen LogP contribution in [-0.2, 0) is 0 Å². The Morgan fingerprint density at radius 3 is 1.66 bits per heavy atom.